The summed E-state index contributed by atoms with van der Waals surface area (Å²) >= 11 is 1.34. The molecule has 0 saturated heterocycles. The van der Waals surface area contributed by atoms with Gasteiger partial charge in [-0.2, -0.15) is 0 Å². The largest absolute Gasteiger partial charge is 0.325 e. The highest BCUT2D eigenvalue weighted by Gasteiger charge is 2.29. The van der Waals surface area contributed by atoms with Crippen molar-refractivity contribution in [1.29, 1.82) is 0 Å². The van der Waals surface area contributed by atoms with Gasteiger partial charge in [0.2, 0.25) is 11.1 Å². The highest BCUT2D eigenvalue weighted by Crippen LogP contribution is 2.37. The van der Waals surface area contributed by atoms with E-state index >= 15 is 0 Å². The Kier molecular flexibility index (Phi) is 4.42. The summed E-state index contributed by atoms with van der Waals surface area (Å²) in [6.07, 6.45) is 2.17. The molecule has 1 aliphatic rings. The number of hydrogen-bond donors (Lipinski definition) is 1. The van der Waals surface area contributed by atoms with Crippen LogP contribution in [0.4, 0.5) is 5.69 Å². The van der Waals surface area contributed by atoms with Crippen molar-refractivity contribution in [2.24, 2.45) is 0 Å². The number of nitrogens with one attached hydrogen (secondary N) is 1. The van der Waals surface area contributed by atoms with Gasteiger partial charge in [-0.3, -0.25) is 9.59 Å². The Labute approximate surface area is 137 Å². The Hall–Kier alpha value is -2.22. The van der Waals surface area contributed by atoms with Crippen molar-refractivity contribution >= 4 is 29.1 Å². The van der Waals surface area contributed by atoms with E-state index in [1.807, 2.05) is 6.92 Å². The SMILES string of the molecule is CC(=O)c1ccc(NC(=O)C(C)Sc2nnnn2C2CC2)cc1. The third-order valence-corrected chi connectivity index (χ3v) is 4.61. The zero-order valence-electron chi connectivity index (χ0n) is 12.9. The summed E-state index contributed by atoms with van der Waals surface area (Å²) in [4.78, 5) is 23.5. The predicted octanol–water partition coefficient (Wildman–Crippen LogP) is 2.33. The van der Waals surface area contributed by atoms with Gasteiger partial charge in [-0.1, -0.05) is 11.8 Å². The van der Waals surface area contributed by atoms with E-state index in [0.29, 0.717) is 22.4 Å². The number of nitrogens with zero attached hydrogens (tertiary/aromatic N) is 4. The first-order valence-corrected chi connectivity index (χ1v) is 8.29. The molecule has 1 unspecified atom stereocenters. The molecule has 1 fully saturated rings. The molecule has 0 spiro atoms. The molecule has 1 N–H and O–H groups in total. The molecule has 1 atom stereocenters. The molecule has 1 amide bonds. The topological polar surface area (TPSA) is 89.8 Å². The van der Waals surface area contributed by atoms with Crippen LogP contribution in [-0.2, 0) is 4.79 Å². The summed E-state index contributed by atoms with van der Waals surface area (Å²) in [6.45, 7) is 3.33. The molecular formula is C15H17N5O2S. The number of amides is 1. The normalized spacial score (nSPS) is 15.2. The number of carbonyl (C=O) groups excluding carboxylic acids is 2. The van der Waals surface area contributed by atoms with Crippen LogP contribution in [0.1, 0.15) is 43.1 Å². The first-order chi connectivity index (χ1) is 11.0. The van der Waals surface area contributed by atoms with Crippen LogP contribution in [-0.4, -0.2) is 37.1 Å². The van der Waals surface area contributed by atoms with E-state index in [1.54, 1.807) is 28.9 Å². The molecule has 1 aliphatic carbocycles. The molecule has 0 radical (unpaired) electrons. The van der Waals surface area contributed by atoms with Crippen molar-refractivity contribution in [3.63, 3.8) is 0 Å². The lowest BCUT2D eigenvalue weighted by Gasteiger charge is -2.11. The second-order valence-electron chi connectivity index (χ2n) is 5.52. The Morgan fingerprint density at radius 3 is 2.61 bits per heavy atom. The average Bonchev–Trinajstić information content (AvgIpc) is 3.27. The Bertz CT molecular complexity index is 724. The minimum Gasteiger partial charge on any atom is -0.325 e. The van der Waals surface area contributed by atoms with Gasteiger partial charge in [0.1, 0.15) is 0 Å². The smallest absolute Gasteiger partial charge is 0.237 e. The third kappa shape index (κ3) is 3.76. The number of aromatic nitrogens is 4. The number of anilines is 1. The van der Waals surface area contributed by atoms with Gasteiger partial charge in [0.15, 0.2) is 5.78 Å². The van der Waals surface area contributed by atoms with E-state index in [0.717, 1.165) is 12.8 Å². The van der Waals surface area contributed by atoms with E-state index in [9.17, 15) is 9.59 Å². The Balaban J connectivity index is 1.60. The lowest BCUT2D eigenvalue weighted by atomic mass is 10.1. The highest BCUT2D eigenvalue weighted by atomic mass is 32.2. The van der Waals surface area contributed by atoms with Gasteiger partial charge in [-0.25, -0.2) is 4.68 Å². The van der Waals surface area contributed by atoms with Gasteiger partial charge in [0.25, 0.3) is 0 Å². The number of ketones is 1. The van der Waals surface area contributed by atoms with Crippen molar-refractivity contribution in [2.75, 3.05) is 5.32 Å². The number of benzene rings is 1. The van der Waals surface area contributed by atoms with Crippen LogP contribution < -0.4 is 5.32 Å². The number of thioether (sulfide) groups is 1. The summed E-state index contributed by atoms with van der Waals surface area (Å²) in [5.74, 6) is -0.130. The monoisotopic (exact) mass is 331 g/mol. The quantitative estimate of drug-likeness (QED) is 0.645. The van der Waals surface area contributed by atoms with Gasteiger partial charge in [-0.05, 0) is 61.4 Å². The van der Waals surface area contributed by atoms with Crippen molar-refractivity contribution in [3.8, 4) is 0 Å². The maximum Gasteiger partial charge on any atom is 0.237 e. The molecule has 7 nitrogen and oxygen atoms in total. The predicted molar refractivity (Wildman–Crippen MR) is 86.5 cm³/mol. The Morgan fingerprint density at radius 2 is 2.00 bits per heavy atom. The van der Waals surface area contributed by atoms with Crippen LogP contribution in [0.3, 0.4) is 0 Å². The van der Waals surface area contributed by atoms with Crippen LogP contribution in [0.2, 0.25) is 0 Å². The fraction of sp³-hybridized carbons (Fsp3) is 0.400. The van der Waals surface area contributed by atoms with Gasteiger partial charge in [0.05, 0.1) is 11.3 Å². The van der Waals surface area contributed by atoms with Crippen LogP contribution in [0.5, 0.6) is 0 Å². The van der Waals surface area contributed by atoms with Crippen LogP contribution in [0, 0.1) is 0 Å². The van der Waals surface area contributed by atoms with Crippen molar-refractivity contribution in [3.05, 3.63) is 29.8 Å². The van der Waals surface area contributed by atoms with Crippen LogP contribution in [0.15, 0.2) is 29.4 Å². The molecule has 1 aromatic heterocycles. The highest BCUT2D eigenvalue weighted by molar-refractivity contribution is 8.00. The van der Waals surface area contributed by atoms with Crippen molar-refractivity contribution < 1.29 is 9.59 Å². The molecule has 1 aromatic carbocycles. The van der Waals surface area contributed by atoms with E-state index in [-0.39, 0.29) is 16.9 Å². The van der Waals surface area contributed by atoms with E-state index in [4.69, 9.17) is 0 Å². The Morgan fingerprint density at radius 1 is 1.30 bits per heavy atom. The fourth-order valence-electron chi connectivity index (χ4n) is 2.06. The molecule has 0 bridgehead atoms. The number of rotatable bonds is 6. The minimum atomic E-state index is -0.328. The van der Waals surface area contributed by atoms with Crippen molar-refractivity contribution in [1.82, 2.24) is 20.2 Å². The molecule has 3 rings (SSSR count). The zero-order chi connectivity index (χ0) is 16.4. The average molecular weight is 331 g/mol. The summed E-state index contributed by atoms with van der Waals surface area (Å²) < 4.78 is 1.79. The van der Waals surface area contributed by atoms with Crippen LogP contribution >= 0.6 is 11.8 Å². The second kappa shape index (κ2) is 6.49. The number of Topliss-reactive ketones (excluding diaryl/α,β-unsaturated/α-hetero) is 1. The van der Waals surface area contributed by atoms with Gasteiger partial charge < -0.3 is 5.32 Å². The maximum absolute atomic E-state index is 12.3. The summed E-state index contributed by atoms with van der Waals surface area (Å²) in [7, 11) is 0. The molecule has 0 aliphatic heterocycles. The molecule has 23 heavy (non-hydrogen) atoms. The second-order valence-corrected chi connectivity index (χ2v) is 6.83. The van der Waals surface area contributed by atoms with Crippen LogP contribution in [0.25, 0.3) is 0 Å². The lowest BCUT2D eigenvalue weighted by Crippen LogP contribution is -2.23. The number of hydrogen-bond acceptors (Lipinski definition) is 6. The molecule has 2 aromatic rings. The number of carbonyl (C=O) groups is 2. The van der Waals surface area contributed by atoms with E-state index < -0.39 is 0 Å². The minimum absolute atomic E-state index is 0.00119. The maximum atomic E-state index is 12.3. The molecular weight excluding hydrogens is 314 g/mol. The zero-order valence-corrected chi connectivity index (χ0v) is 13.7. The summed E-state index contributed by atoms with van der Waals surface area (Å²) in [5, 5.41) is 14.8. The molecule has 120 valence electrons. The summed E-state index contributed by atoms with van der Waals surface area (Å²) in [5.41, 5.74) is 1.28. The third-order valence-electron chi connectivity index (χ3n) is 3.57. The van der Waals surface area contributed by atoms with E-state index in [1.165, 1.54) is 18.7 Å². The van der Waals surface area contributed by atoms with Crippen molar-refractivity contribution in [2.45, 2.75) is 43.1 Å². The standard InChI is InChI=1S/C15H17N5O2S/c1-9(21)11-3-5-12(6-4-11)16-14(22)10(2)23-15-17-18-19-20(15)13-7-8-13/h3-6,10,13H,7-8H2,1-2H3,(H,16,22). The van der Waals surface area contributed by atoms with E-state index in [2.05, 4.69) is 20.8 Å². The molecule has 1 saturated carbocycles. The summed E-state index contributed by atoms with van der Waals surface area (Å²) in [6, 6.07) is 7.22. The number of tetrazole rings is 1. The molecule has 8 heteroatoms. The fourth-order valence-corrected chi connectivity index (χ4v) is 2.91. The lowest BCUT2D eigenvalue weighted by molar-refractivity contribution is -0.115. The van der Waals surface area contributed by atoms with Gasteiger partial charge in [0, 0.05) is 11.3 Å². The molecule has 1 heterocycles. The first kappa shape index (κ1) is 15.7. The first-order valence-electron chi connectivity index (χ1n) is 7.41. The van der Waals surface area contributed by atoms with Gasteiger partial charge in [-0.15, -0.1) is 5.10 Å². The van der Waals surface area contributed by atoms with Gasteiger partial charge >= 0.3 is 0 Å².